The van der Waals surface area contributed by atoms with Gasteiger partial charge in [0, 0.05) is 107 Å². The van der Waals surface area contributed by atoms with Crippen molar-refractivity contribution in [2.75, 3.05) is 95.5 Å². The Morgan fingerprint density at radius 2 is 1.18 bits per heavy atom. The molecule has 2 heterocycles. The van der Waals surface area contributed by atoms with E-state index in [0.717, 1.165) is 106 Å². The van der Waals surface area contributed by atoms with E-state index in [1.807, 2.05) is 78.5 Å². The number of β-amino-alcohol motifs (C(OH)–C–C–N with tert-alkyl or cyclic N) is 1. The number of aliphatic hydroxyl groups excluding tert-OH is 1. The minimum Gasteiger partial charge on any atom is -0.392 e. The number of likely N-dealkylation sites (tertiary alicyclic amines) is 2. The Hall–Kier alpha value is -7.31. The van der Waals surface area contributed by atoms with Gasteiger partial charge in [-0.25, -0.2) is 23.2 Å². The molecule has 24 heteroatoms. The maximum atomic E-state index is 13.7. The Morgan fingerprint density at radius 1 is 0.626 bits per heavy atom. The first-order valence-electron chi connectivity index (χ1n) is 33.7. The van der Waals surface area contributed by atoms with Gasteiger partial charge in [0.25, 0.3) is 0 Å². The molecule has 99 heavy (non-hydrogen) atoms. The first kappa shape index (κ1) is 72.9. The van der Waals surface area contributed by atoms with Crippen LogP contribution in [0.4, 0.5) is 53.4 Å². The van der Waals surface area contributed by atoms with Crippen LogP contribution in [0.3, 0.4) is 0 Å². The fourth-order valence-electron chi connectivity index (χ4n) is 15.5. The average Bonchev–Trinajstić information content (AvgIpc) is 1.54. The average molecular weight is 1480 g/mol. The smallest absolute Gasteiger partial charge is 0.392 e. The third-order valence-electron chi connectivity index (χ3n) is 20.7. The van der Waals surface area contributed by atoms with Crippen LogP contribution >= 0.6 is 50.7 Å². The topological polar surface area (TPSA) is 175 Å². The molecule has 4 saturated carbocycles. The number of nitrogens with zero attached hydrogens (tertiary/aromatic N) is 8. The number of aliphatic hydroxyl groups is 1. The van der Waals surface area contributed by atoms with Crippen molar-refractivity contribution in [1.29, 1.82) is 10.5 Å². The standard InChI is InChI=1S/C26H28BrF4N3O2.C25H26Cl2N4O.C24H26ClFN4O/c27-17-3-1-2-16(12-17)25-8-6-23(21(25)14-25)34(11-10-33-9-7-19(35)15-33)24(36)32-18-4-5-22(28)20(13-18)26(29,30)31;26-21-14-22(27)16-23(15-21)29-25(32)31(11-10-30-8-1-2-9-30)24-7-6-20(13-24)19-5-3-4-18(12-19)17-28;1-29(2)10-11-30(23(31)28-18-6-7-21(26)20(25)13-18)22-8-9-24(14-19(22)24)17-5-3-4-16(12-17)15-27/h1-5,12-13,19,21,23,35H,6-11,14-15H2,(H,32,36);3-5,12-16,24H,1-2,6-11H2,(H,29,32);3-7,12-13,19,22H,8-11,14H2,1-2H3,(H,28,31)/t19-,21-,23-,25-;;19-,22-,24-/m1.1/s1. The van der Waals surface area contributed by atoms with E-state index in [9.17, 15) is 52.0 Å². The van der Waals surface area contributed by atoms with E-state index in [-0.39, 0.29) is 63.7 Å². The number of hydrogen-bond acceptors (Lipinski definition) is 9. The summed E-state index contributed by atoms with van der Waals surface area (Å²) in [7, 11) is 3.97. The van der Waals surface area contributed by atoms with Crippen LogP contribution in [-0.2, 0) is 17.0 Å². The number of nitriles is 2. The van der Waals surface area contributed by atoms with E-state index in [0.29, 0.717) is 83.7 Å². The lowest BCUT2D eigenvalue weighted by atomic mass is 9.92. The number of amides is 6. The molecule has 0 radical (unpaired) electrons. The molecule has 1 unspecified atom stereocenters. The van der Waals surface area contributed by atoms with Crippen molar-refractivity contribution < 1.29 is 41.4 Å². The molecule has 5 aliphatic carbocycles. The summed E-state index contributed by atoms with van der Waals surface area (Å²) in [5, 5.41) is 37.8. The van der Waals surface area contributed by atoms with Crippen LogP contribution in [-0.4, -0.2) is 156 Å². The Balaban J connectivity index is 0.000000151. The lowest BCUT2D eigenvalue weighted by Crippen LogP contribution is -2.47. The lowest BCUT2D eigenvalue weighted by Gasteiger charge is -2.32. The van der Waals surface area contributed by atoms with Crippen LogP contribution in [0.1, 0.15) is 104 Å². The second-order valence-electron chi connectivity index (χ2n) is 27.3. The van der Waals surface area contributed by atoms with Gasteiger partial charge in [-0.3, -0.25) is 4.90 Å². The van der Waals surface area contributed by atoms with Gasteiger partial charge in [0.1, 0.15) is 11.6 Å². The number of rotatable bonds is 18. The van der Waals surface area contributed by atoms with Gasteiger partial charge in [0.05, 0.1) is 46.0 Å². The molecule has 6 aromatic rings. The van der Waals surface area contributed by atoms with Gasteiger partial charge in [-0.2, -0.15) is 23.7 Å². The zero-order chi connectivity index (χ0) is 70.3. The van der Waals surface area contributed by atoms with Crippen molar-refractivity contribution >= 4 is 91.5 Å². The van der Waals surface area contributed by atoms with Crippen LogP contribution in [0.5, 0.6) is 0 Å². The summed E-state index contributed by atoms with van der Waals surface area (Å²) < 4.78 is 67.8. The first-order chi connectivity index (χ1) is 47.4. The highest BCUT2D eigenvalue weighted by atomic mass is 79.9. The van der Waals surface area contributed by atoms with Crippen molar-refractivity contribution in [2.24, 2.45) is 11.8 Å². The predicted molar refractivity (Wildman–Crippen MR) is 381 cm³/mol. The number of alkyl halides is 3. The van der Waals surface area contributed by atoms with Crippen LogP contribution in [0.15, 0.2) is 138 Å². The number of benzene rings is 6. The summed E-state index contributed by atoms with van der Waals surface area (Å²) in [5.41, 5.74) is 5.63. The number of nitrogens with one attached hydrogen (secondary N) is 3. The zero-order valence-corrected chi connectivity index (χ0v) is 59.0. The maximum Gasteiger partial charge on any atom is 0.419 e. The predicted octanol–water partition coefficient (Wildman–Crippen LogP) is 16.5. The van der Waals surface area contributed by atoms with Crippen molar-refractivity contribution in [3.8, 4) is 12.1 Å². The molecule has 0 spiro atoms. The number of hydrogen-bond donors (Lipinski definition) is 4. The van der Waals surface area contributed by atoms with Crippen molar-refractivity contribution in [3.05, 3.63) is 198 Å². The van der Waals surface area contributed by atoms with Crippen LogP contribution < -0.4 is 16.0 Å². The molecule has 6 aromatic carbocycles. The minimum absolute atomic E-state index is 0.00648. The largest absolute Gasteiger partial charge is 0.419 e. The van der Waals surface area contributed by atoms with E-state index < -0.39 is 29.4 Å². The van der Waals surface area contributed by atoms with E-state index >= 15 is 0 Å². The Bertz CT molecular complexity index is 4040. The fourth-order valence-corrected chi connectivity index (χ4v) is 16.6. The molecule has 15 nitrogen and oxygen atoms in total. The van der Waals surface area contributed by atoms with Gasteiger partial charge in [-0.1, -0.05) is 93.2 Å². The van der Waals surface area contributed by atoms with E-state index in [2.05, 4.69) is 83.0 Å². The van der Waals surface area contributed by atoms with Crippen molar-refractivity contribution in [2.45, 2.75) is 112 Å². The third-order valence-corrected chi connectivity index (χ3v) is 22.0. The summed E-state index contributed by atoms with van der Waals surface area (Å²) in [6.45, 7) is 7.26. The van der Waals surface area contributed by atoms with Gasteiger partial charge in [0.2, 0.25) is 0 Å². The minimum atomic E-state index is -4.86. The number of carbonyl (C=O) groups is 3. The molecule has 13 rings (SSSR count). The molecule has 6 fully saturated rings. The molecule has 6 amide bonds. The SMILES string of the molecule is CN(C)CCN(C(=O)Nc1ccc(F)c(Cl)c1)[C@@H]1CC[C@]2(c3cccc(C#N)c3)C[C@H]12.N#Cc1cccc(C2=CC(N(CCN3CCCC3)C(=O)Nc3cc(Cl)cc(Cl)c3)CC2)c1.O=C(Nc1ccc(F)c(C(F)(F)F)c1)N(CCN1CC[C@@H](O)C1)[C@@H]1CC[C@]2(c3cccc(Br)c3)C[C@H]12. The summed E-state index contributed by atoms with van der Waals surface area (Å²) in [5.74, 6) is -1.24. The Kier molecular flexibility index (Phi) is 23.4. The second-order valence-corrected chi connectivity index (χ2v) is 29.5. The molecule has 4 N–H and O–H groups in total. The number of halogens is 9. The normalized spacial score (nSPS) is 23.4. The summed E-state index contributed by atoms with van der Waals surface area (Å²) in [6.07, 6.45) is 7.41. The molecule has 8 atom stereocenters. The molecule has 7 aliphatic rings. The lowest BCUT2D eigenvalue weighted by molar-refractivity contribution is -0.139. The zero-order valence-electron chi connectivity index (χ0n) is 55.2. The van der Waals surface area contributed by atoms with Crippen LogP contribution in [0.2, 0.25) is 15.1 Å². The monoisotopic (exact) mass is 1480 g/mol. The second kappa shape index (κ2) is 31.7. The number of allylic oxidation sites excluding steroid dienone is 1. The highest BCUT2D eigenvalue weighted by molar-refractivity contribution is 9.10. The molecule has 0 aromatic heterocycles. The molecule has 2 aliphatic heterocycles. The van der Waals surface area contributed by atoms with Gasteiger partial charge in [-0.05, 0) is 223 Å². The molecular weight excluding hydrogens is 1400 g/mol. The van der Waals surface area contributed by atoms with Gasteiger partial charge < -0.3 is 45.6 Å². The summed E-state index contributed by atoms with van der Waals surface area (Å²) in [6, 6.07) is 39.2. The fraction of sp³-hybridized carbons (Fsp3) is 0.427. The highest BCUT2D eigenvalue weighted by Gasteiger charge is 2.65. The molecule has 522 valence electrons. The Labute approximate surface area is 598 Å². The van der Waals surface area contributed by atoms with Gasteiger partial charge in [-0.15, -0.1) is 0 Å². The summed E-state index contributed by atoms with van der Waals surface area (Å²) in [4.78, 5) is 52.1. The first-order valence-corrected chi connectivity index (χ1v) is 35.6. The Morgan fingerprint density at radius 3 is 1.77 bits per heavy atom. The number of anilines is 3. The van der Waals surface area contributed by atoms with Gasteiger partial charge >= 0.3 is 24.3 Å². The van der Waals surface area contributed by atoms with Crippen LogP contribution in [0, 0.1) is 46.1 Å². The van der Waals surface area contributed by atoms with E-state index in [1.165, 1.54) is 47.7 Å². The maximum absolute atomic E-state index is 13.7. The quantitative estimate of drug-likeness (QED) is 0.0611. The molecular formula is C75H80BrCl3F5N11O4. The van der Waals surface area contributed by atoms with E-state index in [4.69, 9.17) is 34.8 Å². The number of urea groups is 3. The third kappa shape index (κ3) is 17.7. The number of fused-ring (bicyclic) bond motifs is 2. The number of carbonyl (C=O) groups excluding carboxylic acids is 3. The van der Waals surface area contributed by atoms with E-state index in [1.54, 1.807) is 23.1 Å². The van der Waals surface area contributed by atoms with Crippen molar-refractivity contribution in [1.82, 2.24) is 29.4 Å². The highest BCUT2D eigenvalue weighted by Crippen LogP contribution is 2.67. The van der Waals surface area contributed by atoms with Crippen molar-refractivity contribution in [3.63, 3.8) is 0 Å². The summed E-state index contributed by atoms with van der Waals surface area (Å²) >= 11 is 21.6. The molecule has 2 saturated heterocycles. The number of likely N-dealkylation sites (N-methyl/N-ethyl adjacent to an activating group) is 1. The molecule has 0 bridgehead atoms. The van der Waals surface area contributed by atoms with Gasteiger partial charge in [0.15, 0.2) is 0 Å². The van der Waals surface area contributed by atoms with Crippen LogP contribution in [0.25, 0.3) is 5.57 Å².